The van der Waals surface area contributed by atoms with E-state index in [4.69, 9.17) is 22.7 Å². The average Bonchev–Trinajstić information content (AvgIpc) is 2.33. The monoisotopic (exact) mass is 282 g/mol. The fraction of sp³-hybridized carbons (Fsp3) is 0.500. The minimum atomic E-state index is -0.312. The van der Waals surface area contributed by atoms with Crippen LogP contribution < -0.4 is 5.73 Å². The molecule has 3 nitrogen and oxygen atoms in total. The van der Waals surface area contributed by atoms with Crippen LogP contribution >= 0.6 is 12.2 Å². The fourth-order valence-electron chi connectivity index (χ4n) is 2.31. The van der Waals surface area contributed by atoms with Gasteiger partial charge in [0.25, 0.3) is 0 Å². The van der Waals surface area contributed by atoms with Gasteiger partial charge in [-0.05, 0) is 31.5 Å². The van der Waals surface area contributed by atoms with Crippen LogP contribution in [0.4, 0.5) is 4.39 Å². The molecule has 2 N–H and O–H groups in total. The molecule has 0 atom stereocenters. The van der Waals surface area contributed by atoms with E-state index < -0.39 is 0 Å². The van der Waals surface area contributed by atoms with E-state index >= 15 is 0 Å². The smallest absolute Gasteiger partial charge is 0.123 e. The Kier molecular flexibility index (Phi) is 4.18. The Hall–Kier alpha value is -1.04. The van der Waals surface area contributed by atoms with E-state index in [-0.39, 0.29) is 16.3 Å². The van der Waals surface area contributed by atoms with Gasteiger partial charge >= 0.3 is 0 Å². The third-order valence-corrected chi connectivity index (χ3v) is 3.74. The van der Waals surface area contributed by atoms with Crippen molar-refractivity contribution in [2.75, 3.05) is 19.8 Å². The normalized spacial score (nSPS) is 19.3. The molecule has 0 radical (unpaired) electrons. The molecule has 1 aromatic carbocycles. The predicted octanol–water partition coefficient (Wildman–Crippen LogP) is 2.07. The van der Waals surface area contributed by atoms with E-state index in [9.17, 15) is 4.39 Å². The van der Waals surface area contributed by atoms with Crippen LogP contribution in [0.5, 0.6) is 0 Å². The summed E-state index contributed by atoms with van der Waals surface area (Å²) in [6.07, 6.45) is 0. The molecular formula is C14H19FN2OS. The first-order valence-corrected chi connectivity index (χ1v) is 6.72. The second-order valence-corrected chi connectivity index (χ2v) is 5.89. The lowest BCUT2D eigenvalue weighted by molar-refractivity contribution is -0.0553. The summed E-state index contributed by atoms with van der Waals surface area (Å²) < 4.78 is 18.8. The summed E-state index contributed by atoms with van der Waals surface area (Å²) in [6.45, 7) is 7.22. The standard InChI is InChI=1S/C14H19FN2OS/c1-14(2)9-18-6-5-17(14)8-10-3-4-11(15)7-12(10)13(16)19/h3-4,7H,5-6,8-9H2,1-2H3,(H2,16,19). The summed E-state index contributed by atoms with van der Waals surface area (Å²) in [5, 5.41) is 0. The van der Waals surface area contributed by atoms with Gasteiger partial charge in [0, 0.05) is 24.2 Å². The molecule has 2 rings (SSSR count). The van der Waals surface area contributed by atoms with Crippen LogP contribution in [0.25, 0.3) is 0 Å². The van der Waals surface area contributed by atoms with Gasteiger partial charge in [0.15, 0.2) is 0 Å². The first kappa shape index (κ1) is 14.4. The van der Waals surface area contributed by atoms with Gasteiger partial charge in [-0.15, -0.1) is 0 Å². The molecule has 1 aliphatic heterocycles. The largest absolute Gasteiger partial charge is 0.389 e. The highest BCUT2D eigenvalue weighted by Crippen LogP contribution is 2.23. The van der Waals surface area contributed by atoms with Crippen LogP contribution in [0.15, 0.2) is 18.2 Å². The molecule has 1 heterocycles. The first-order valence-electron chi connectivity index (χ1n) is 6.31. The molecule has 104 valence electrons. The number of hydrogen-bond donors (Lipinski definition) is 1. The Morgan fingerprint density at radius 3 is 2.89 bits per heavy atom. The molecule has 0 spiro atoms. The van der Waals surface area contributed by atoms with Gasteiger partial charge in [0.2, 0.25) is 0 Å². The number of thiocarbonyl (C=S) groups is 1. The van der Waals surface area contributed by atoms with E-state index in [1.54, 1.807) is 6.07 Å². The third kappa shape index (κ3) is 3.29. The predicted molar refractivity (Wildman–Crippen MR) is 77.6 cm³/mol. The number of nitrogens with zero attached hydrogens (tertiary/aromatic N) is 1. The maximum atomic E-state index is 13.3. The summed E-state index contributed by atoms with van der Waals surface area (Å²) in [4.78, 5) is 2.55. The SMILES string of the molecule is CC1(C)COCCN1Cc1ccc(F)cc1C(N)=S. The average molecular weight is 282 g/mol. The Balaban J connectivity index is 2.25. The molecule has 1 saturated heterocycles. The first-order chi connectivity index (χ1) is 8.90. The maximum absolute atomic E-state index is 13.3. The maximum Gasteiger partial charge on any atom is 0.123 e. The molecule has 0 aliphatic carbocycles. The highest BCUT2D eigenvalue weighted by Gasteiger charge is 2.30. The highest BCUT2D eigenvalue weighted by atomic mass is 32.1. The number of halogens is 1. The van der Waals surface area contributed by atoms with Crippen molar-refractivity contribution >= 4 is 17.2 Å². The van der Waals surface area contributed by atoms with Crippen LogP contribution in [-0.2, 0) is 11.3 Å². The van der Waals surface area contributed by atoms with Crippen molar-refractivity contribution in [1.29, 1.82) is 0 Å². The molecule has 0 bridgehead atoms. The third-order valence-electron chi connectivity index (χ3n) is 3.52. The van der Waals surface area contributed by atoms with Gasteiger partial charge in [-0.25, -0.2) is 4.39 Å². The Labute approximate surface area is 118 Å². The van der Waals surface area contributed by atoms with E-state index in [1.807, 2.05) is 0 Å². The zero-order chi connectivity index (χ0) is 14.0. The van der Waals surface area contributed by atoms with Gasteiger partial charge in [0.1, 0.15) is 10.8 Å². The topological polar surface area (TPSA) is 38.5 Å². The van der Waals surface area contributed by atoms with E-state index in [0.29, 0.717) is 25.3 Å². The van der Waals surface area contributed by atoms with E-state index in [0.717, 1.165) is 12.1 Å². The van der Waals surface area contributed by atoms with Gasteiger partial charge in [-0.3, -0.25) is 4.90 Å². The number of benzene rings is 1. The molecule has 0 saturated carbocycles. The van der Waals surface area contributed by atoms with Crippen molar-refractivity contribution in [1.82, 2.24) is 4.90 Å². The molecule has 1 aromatic rings. The second-order valence-electron chi connectivity index (χ2n) is 5.45. The second kappa shape index (κ2) is 5.53. The van der Waals surface area contributed by atoms with Crippen LogP contribution in [0.1, 0.15) is 25.0 Å². The van der Waals surface area contributed by atoms with E-state index in [1.165, 1.54) is 12.1 Å². The summed E-state index contributed by atoms with van der Waals surface area (Å²) in [5.41, 5.74) is 7.22. The molecule has 1 fully saturated rings. The summed E-state index contributed by atoms with van der Waals surface area (Å²) in [7, 11) is 0. The van der Waals surface area contributed by atoms with Crippen molar-refractivity contribution < 1.29 is 9.13 Å². The van der Waals surface area contributed by atoms with Gasteiger partial charge < -0.3 is 10.5 Å². The molecule has 19 heavy (non-hydrogen) atoms. The number of rotatable bonds is 3. The molecule has 0 amide bonds. The Morgan fingerprint density at radius 1 is 1.53 bits per heavy atom. The van der Waals surface area contributed by atoms with Gasteiger partial charge in [-0.1, -0.05) is 18.3 Å². The minimum Gasteiger partial charge on any atom is -0.389 e. The quantitative estimate of drug-likeness (QED) is 0.861. The highest BCUT2D eigenvalue weighted by molar-refractivity contribution is 7.80. The van der Waals surface area contributed by atoms with Crippen molar-refractivity contribution in [3.8, 4) is 0 Å². The summed E-state index contributed by atoms with van der Waals surface area (Å²) >= 11 is 5.00. The Morgan fingerprint density at radius 2 is 2.26 bits per heavy atom. The number of nitrogens with two attached hydrogens (primary N) is 1. The number of ether oxygens (including phenoxy) is 1. The molecular weight excluding hydrogens is 263 g/mol. The molecule has 0 aromatic heterocycles. The molecule has 1 aliphatic rings. The zero-order valence-corrected chi connectivity index (χ0v) is 12.1. The summed E-state index contributed by atoms with van der Waals surface area (Å²) in [6, 6.07) is 4.62. The number of morpholine rings is 1. The fourth-order valence-corrected chi connectivity index (χ4v) is 2.50. The van der Waals surface area contributed by atoms with Crippen LogP contribution in [-0.4, -0.2) is 35.2 Å². The lowest BCUT2D eigenvalue weighted by atomic mass is 9.99. The van der Waals surface area contributed by atoms with Crippen LogP contribution in [0, 0.1) is 5.82 Å². The van der Waals surface area contributed by atoms with Crippen molar-refractivity contribution in [3.63, 3.8) is 0 Å². The molecule has 5 heteroatoms. The zero-order valence-electron chi connectivity index (χ0n) is 11.3. The molecule has 0 unspecified atom stereocenters. The lowest BCUT2D eigenvalue weighted by Gasteiger charge is -2.42. The van der Waals surface area contributed by atoms with Crippen molar-refractivity contribution in [2.24, 2.45) is 5.73 Å². The number of hydrogen-bond acceptors (Lipinski definition) is 3. The minimum absolute atomic E-state index is 0.0415. The summed E-state index contributed by atoms with van der Waals surface area (Å²) in [5.74, 6) is -0.312. The van der Waals surface area contributed by atoms with Crippen LogP contribution in [0.3, 0.4) is 0 Å². The van der Waals surface area contributed by atoms with Gasteiger partial charge in [0.05, 0.1) is 13.2 Å². The van der Waals surface area contributed by atoms with Crippen molar-refractivity contribution in [3.05, 3.63) is 35.1 Å². The van der Waals surface area contributed by atoms with Gasteiger partial charge in [-0.2, -0.15) is 0 Å². The lowest BCUT2D eigenvalue weighted by Crippen LogP contribution is -2.52. The Bertz CT molecular complexity index is 490. The van der Waals surface area contributed by atoms with E-state index in [2.05, 4.69) is 18.7 Å². The van der Waals surface area contributed by atoms with Crippen molar-refractivity contribution in [2.45, 2.75) is 25.9 Å². The van der Waals surface area contributed by atoms with Crippen LogP contribution in [0.2, 0.25) is 0 Å².